The number of rotatable bonds is 8. The van der Waals surface area contributed by atoms with Crippen LogP contribution in [0.4, 0.5) is 0 Å². The standard InChI is InChI=1S/C17H31N5O2/c1-5-18-17(22(4)11-14-8-10-23-12-14)19-9-6-7-15-20-16(13(2)3)21-24-15/h13-14H,5-12H2,1-4H3,(H,18,19). The average molecular weight is 337 g/mol. The smallest absolute Gasteiger partial charge is 0.226 e. The van der Waals surface area contributed by atoms with Crippen molar-refractivity contribution in [2.24, 2.45) is 10.9 Å². The molecule has 1 aromatic heterocycles. The van der Waals surface area contributed by atoms with Gasteiger partial charge in [0.2, 0.25) is 5.89 Å². The number of nitrogens with one attached hydrogen (secondary N) is 1. The zero-order valence-electron chi connectivity index (χ0n) is 15.4. The van der Waals surface area contributed by atoms with E-state index in [2.05, 4.69) is 48.2 Å². The van der Waals surface area contributed by atoms with Gasteiger partial charge in [-0.3, -0.25) is 4.99 Å². The van der Waals surface area contributed by atoms with Crippen molar-refractivity contribution in [1.29, 1.82) is 0 Å². The van der Waals surface area contributed by atoms with Crippen LogP contribution in [-0.2, 0) is 11.2 Å². The number of hydrogen-bond acceptors (Lipinski definition) is 5. The van der Waals surface area contributed by atoms with Crippen molar-refractivity contribution < 1.29 is 9.26 Å². The number of guanidine groups is 1. The predicted octanol–water partition coefficient (Wildman–Crippen LogP) is 2.06. The van der Waals surface area contributed by atoms with Crippen LogP contribution in [0, 0.1) is 5.92 Å². The van der Waals surface area contributed by atoms with Gasteiger partial charge in [-0.15, -0.1) is 0 Å². The highest BCUT2D eigenvalue weighted by Crippen LogP contribution is 2.13. The van der Waals surface area contributed by atoms with E-state index in [0.717, 1.165) is 63.9 Å². The maximum absolute atomic E-state index is 5.45. The van der Waals surface area contributed by atoms with Gasteiger partial charge in [-0.1, -0.05) is 19.0 Å². The molecule has 1 N–H and O–H groups in total. The van der Waals surface area contributed by atoms with E-state index in [-0.39, 0.29) is 0 Å². The van der Waals surface area contributed by atoms with Crippen LogP contribution in [-0.4, -0.2) is 60.9 Å². The van der Waals surface area contributed by atoms with Gasteiger partial charge in [0.25, 0.3) is 0 Å². The second-order valence-corrected chi connectivity index (χ2v) is 6.65. The van der Waals surface area contributed by atoms with Crippen molar-refractivity contribution in [3.05, 3.63) is 11.7 Å². The van der Waals surface area contributed by atoms with Gasteiger partial charge in [0.05, 0.1) is 6.61 Å². The minimum atomic E-state index is 0.300. The van der Waals surface area contributed by atoms with Gasteiger partial charge in [-0.2, -0.15) is 4.98 Å². The minimum Gasteiger partial charge on any atom is -0.381 e. The van der Waals surface area contributed by atoms with E-state index in [4.69, 9.17) is 14.3 Å². The molecule has 0 bridgehead atoms. The van der Waals surface area contributed by atoms with E-state index in [0.29, 0.717) is 17.7 Å². The van der Waals surface area contributed by atoms with Crippen LogP contribution in [0.25, 0.3) is 0 Å². The van der Waals surface area contributed by atoms with Crippen molar-refractivity contribution in [2.75, 3.05) is 39.9 Å². The van der Waals surface area contributed by atoms with Gasteiger partial charge >= 0.3 is 0 Å². The van der Waals surface area contributed by atoms with Crippen molar-refractivity contribution in [3.8, 4) is 0 Å². The minimum absolute atomic E-state index is 0.300. The van der Waals surface area contributed by atoms with Crippen LogP contribution in [0.2, 0.25) is 0 Å². The molecule has 1 unspecified atom stereocenters. The number of hydrogen-bond donors (Lipinski definition) is 1. The molecule has 0 spiro atoms. The van der Waals surface area contributed by atoms with Crippen molar-refractivity contribution >= 4 is 5.96 Å². The number of aliphatic imine (C=N–C) groups is 1. The molecule has 1 saturated heterocycles. The monoisotopic (exact) mass is 337 g/mol. The Morgan fingerprint density at radius 1 is 1.46 bits per heavy atom. The Morgan fingerprint density at radius 2 is 2.29 bits per heavy atom. The molecule has 2 heterocycles. The highest BCUT2D eigenvalue weighted by Gasteiger charge is 2.19. The number of aromatic nitrogens is 2. The van der Waals surface area contributed by atoms with Crippen LogP contribution in [0.1, 0.15) is 51.2 Å². The molecule has 136 valence electrons. The highest BCUT2D eigenvalue weighted by molar-refractivity contribution is 5.79. The van der Waals surface area contributed by atoms with Crippen LogP contribution < -0.4 is 5.32 Å². The molecule has 7 heteroatoms. The summed E-state index contributed by atoms with van der Waals surface area (Å²) in [6.45, 7) is 10.5. The Bertz CT molecular complexity index is 509. The normalized spacial score (nSPS) is 18.4. The molecule has 1 aliphatic heterocycles. The lowest BCUT2D eigenvalue weighted by Gasteiger charge is -2.24. The molecule has 1 atom stereocenters. The number of aryl methyl sites for hydroxylation is 1. The first kappa shape index (κ1) is 18.7. The first-order valence-corrected chi connectivity index (χ1v) is 8.99. The SMILES string of the molecule is CCNC(=NCCCc1nc(C(C)C)no1)N(C)CC1CCOC1. The van der Waals surface area contributed by atoms with Crippen LogP contribution in [0.5, 0.6) is 0 Å². The summed E-state index contributed by atoms with van der Waals surface area (Å²) in [5, 5.41) is 7.35. The van der Waals surface area contributed by atoms with Crippen LogP contribution in [0.15, 0.2) is 9.52 Å². The Balaban J connectivity index is 1.78. The van der Waals surface area contributed by atoms with Gasteiger partial charge in [-0.25, -0.2) is 0 Å². The Labute approximate surface area is 144 Å². The van der Waals surface area contributed by atoms with Gasteiger partial charge in [0.1, 0.15) is 0 Å². The van der Waals surface area contributed by atoms with Crippen molar-refractivity contribution in [2.45, 2.75) is 46.0 Å². The lowest BCUT2D eigenvalue weighted by molar-refractivity contribution is 0.181. The molecule has 0 aliphatic carbocycles. The summed E-state index contributed by atoms with van der Waals surface area (Å²) in [5.41, 5.74) is 0. The Morgan fingerprint density at radius 3 is 2.92 bits per heavy atom. The maximum atomic E-state index is 5.45. The molecule has 2 rings (SSSR count). The van der Waals surface area contributed by atoms with Gasteiger partial charge in [0.15, 0.2) is 11.8 Å². The van der Waals surface area contributed by atoms with E-state index in [1.807, 2.05) is 0 Å². The molecule has 0 amide bonds. The zero-order chi connectivity index (χ0) is 17.4. The summed E-state index contributed by atoms with van der Waals surface area (Å²) in [6.07, 6.45) is 2.80. The van der Waals surface area contributed by atoms with Crippen molar-refractivity contribution in [3.63, 3.8) is 0 Å². The van der Waals surface area contributed by atoms with E-state index in [1.54, 1.807) is 0 Å². The number of nitrogens with zero attached hydrogens (tertiary/aromatic N) is 4. The molecule has 0 aromatic carbocycles. The molecule has 24 heavy (non-hydrogen) atoms. The fourth-order valence-electron chi connectivity index (χ4n) is 2.69. The average Bonchev–Trinajstić information content (AvgIpc) is 3.21. The summed E-state index contributed by atoms with van der Waals surface area (Å²) in [7, 11) is 2.09. The second kappa shape index (κ2) is 9.61. The maximum Gasteiger partial charge on any atom is 0.226 e. The molecule has 7 nitrogen and oxygen atoms in total. The Hall–Kier alpha value is -1.63. The molecule has 1 aliphatic rings. The number of ether oxygens (including phenoxy) is 1. The molecule has 1 aromatic rings. The third-order valence-corrected chi connectivity index (χ3v) is 4.06. The molecular weight excluding hydrogens is 306 g/mol. The van der Waals surface area contributed by atoms with E-state index >= 15 is 0 Å². The van der Waals surface area contributed by atoms with Crippen molar-refractivity contribution in [1.82, 2.24) is 20.4 Å². The summed E-state index contributed by atoms with van der Waals surface area (Å²) < 4.78 is 10.7. The fraction of sp³-hybridized carbons (Fsp3) is 0.824. The van der Waals surface area contributed by atoms with E-state index in [1.165, 1.54) is 0 Å². The predicted molar refractivity (Wildman–Crippen MR) is 94.2 cm³/mol. The van der Waals surface area contributed by atoms with Gasteiger partial charge < -0.3 is 19.5 Å². The highest BCUT2D eigenvalue weighted by atomic mass is 16.5. The summed E-state index contributed by atoms with van der Waals surface area (Å²) in [5.74, 6) is 3.34. The quantitative estimate of drug-likeness (QED) is 0.444. The second-order valence-electron chi connectivity index (χ2n) is 6.65. The third kappa shape index (κ3) is 5.78. The van der Waals surface area contributed by atoms with E-state index in [9.17, 15) is 0 Å². The third-order valence-electron chi connectivity index (χ3n) is 4.06. The zero-order valence-corrected chi connectivity index (χ0v) is 15.4. The van der Waals surface area contributed by atoms with Gasteiger partial charge in [0, 0.05) is 51.5 Å². The largest absolute Gasteiger partial charge is 0.381 e. The Kier molecular flexibility index (Phi) is 7.49. The van der Waals surface area contributed by atoms with Crippen LogP contribution >= 0.6 is 0 Å². The molecule has 0 radical (unpaired) electrons. The molecule has 1 fully saturated rings. The van der Waals surface area contributed by atoms with Gasteiger partial charge in [-0.05, 0) is 19.8 Å². The topological polar surface area (TPSA) is 75.8 Å². The summed E-state index contributed by atoms with van der Waals surface area (Å²) in [4.78, 5) is 11.3. The molecule has 0 saturated carbocycles. The lowest BCUT2D eigenvalue weighted by atomic mass is 10.1. The first-order valence-electron chi connectivity index (χ1n) is 8.99. The lowest BCUT2D eigenvalue weighted by Crippen LogP contribution is -2.41. The fourth-order valence-corrected chi connectivity index (χ4v) is 2.69. The first-order chi connectivity index (χ1) is 11.6. The van der Waals surface area contributed by atoms with Crippen LogP contribution in [0.3, 0.4) is 0 Å². The van der Waals surface area contributed by atoms with E-state index < -0.39 is 0 Å². The summed E-state index contributed by atoms with van der Waals surface area (Å²) >= 11 is 0. The molecular formula is C17H31N5O2. The summed E-state index contributed by atoms with van der Waals surface area (Å²) in [6, 6.07) is 0.